The first-order valence-corrected chi connectivity index (χ1v) is 9.19. The predicted octanol–water partition coefficient (Wildman–Crippen LogP) is 0.187. The Kier molecular flexibility index (Phi) is 4.19. The van der Waals surface area contributed by atoms with Crippen LogP contribution in [-0.2, 0) is 11.3 Å². The third-order valence-electron chi connectivity index (χ3n) is 4.83. The van der Waals surface area contributed by atoms with E-state index in [-0.39, 0.29) is 18.1 Å². The number of amides is 1. The Morgan fingerprint density at radius 1 is 1.25 bits per heavy atom. The Labute approximate surface area is 143 Å². The number of piperidine rings is 1. The van der Waals surface area contributed by atoms with E-state index in [9.17, 15) is 9.59 Å². The van der Waals surface area contributed by atoms with Crippen LogP contribution in [0.4, 0.5) is 0 Å². The highest BCUT2D eigenvalue weighted by Crippen LogP contribution is 2.21. The van der Waals surface area contributed by atoms with Crippen molar-refractivity contribution in [2.75, 3.05) is 26.2 Å². The van der Waals surface area contributed by atoms with E-state index in [0.29, 0.717) is 11.0 Å². The molecule has 0 spiro atoms. The summed E-state index contributed by atoms with van der Waals surface area (Å²) in [4.78, 5) is 29.2. The summed E-state index contributed by atoms with van der Waals surface area (Å²) in [7, 11) is 0. The van der Waals surface area contributed by atoms with E-state index in [1.54, 1.807) is 6.07 Å². The van der Waals surface area contributed by atoms with Crippen LogP contribution in [0.2, 0.25) is 0 Å². The maximum Gasteiger partial charge on any atom is 0.369 e. The van der Waals surface area contributed by atoms with Gasteiger partial charge in [-0.2, -0.15) is 9.36 Å². The Morgan fingerprint density at radius 2 is 2.17 bits per heavy atom. The van der Waals surface area contributed by atoms with Crippen molar-refractivity contribution in [3.05, 3.63) is 28.0 Å². The lowest BCUT2D eigenvalue weighted by molar-refractivity contribution is -0.135. The van der Waals surface area contributed by atoms with Gasteiger partial charge >= 0.3 is 5.69 Å². The molecule has 2 aromatic heterocycles. The second-order valence-corrected chi connectivity index (χ2v) is 7.23. The summed E-state index contributed by atoms with van der Waals surface area (Å²) >= 11 is 1.41. The first-order chi connectivity index (χ1) is 11.7. The molecule has 2 fully saturated rings. The van der Waals surface area contributed by atoms with E-state index in [1.165, 1.54) is 28.9 Å². The summed E-state index contributed by atoms with van der Waals surface area (Å²) < 4.78 is 2.38. The molecule has 128 valence electrons. The van der Waals surface area contributed by atoms with Crippen LogP contribution >= 0.6 is 11.3 Å². The van der Waals surface area contributed by atoms with Gasteiger partial charge in [-0.3, -0.25) is 9.69 Å². The number of hydrogen-bond acceptors (Lipinski definition) is 6. The van der Waals surface area contributed by atoms with Crippen LogP contribution in [0.25, 0.3) is 5.00 Å². The minimum Gasteiger partial charge on any atom is -0.338 e. The molecule has 0 radical (unpaired) electrons. The highest BCUT2D eigenvalue weighted by Gasteiger charge is 2.31. The number of hydrogen-bond donors (Lipinski definition) is 0. The van der Waals surface area contributed by atoms with E-state index < -0.39 is 0 Å². The van der Waals surface area contributed by atoms with Crippen molar-refractivity contribution in [2.45, 2.75) is 31.8 Å². The molecular weight excluding hydrogens is 328 g/mol. The SMILES string of the molecule is O=C(Cn1nnn(-c2cccs2)c1=O)N1CCN2CCCC[C@@H]2C1. The monoisotopic (exact) mass is 348 g/mol. The molecule has 0 aliphatic carbocycles. The molecule has 0 saturated carbocycles. The Balaban J connectivity index is 1.44. The van der Waals surface area contributed by atoms with Crippen LogP contribution in [0.3, 0.4) is 0 Å². The van der Waals surface area contributed by atoms with Gasteiger partial charge in [0, 0.05) is 25.7 Å². The van der Waals surface area contributed by atoms with Gasteiger partial charge in [-0.15, -0.1) is 11.3 Å². The fraction of sp³-hybridized carbons (Fsp3) is 0.600. The lowest BCUT2D eigenvalue weighted by Gasteiger charge is -2.44. The van der Waals surface area contributed by atoms with Crippen molar-refractivity contribution in [3.63, 3.8) is 0 Å². The second kappa shape index (κ2) is 6.48. The molecular formula is C15H20N6O2S. The molecule has 2 aliphatic rings. The predicted molar refractivity (Wildman–Crippen MR) is 89.3 cm³/mol. The Morgan fingerprint density at radius 3 is 3.00 bits per heavy atom. The molecule has 2 aromatic rings. The minimum absolute atomic E-state index is 0.0447. The molecule has 24 heavy (non-hydrogen) atoms. The number of fused-ring (bicyclic) bond motifs is 1. The molecule has 8 nitrogen and oxygen atoms in total. The molecule has 2 aliphatic heterocycles. The number of rotatable bonds is 3. The Bertz CT molecular complexity index is 767. The van der Waals surface area contributed by atoms with E-state index in [2.05, 4.69) is 15.3 Å². The minimum atomic E-state index is -0.373. The van der Waals surface area contributed by atoms with Gasteiger partial charge in [0.15, 0.2) is 0 Å². The first-order valence-electron chi connectivity index (χ1n) is 8.31. The molecule has 4 heterocycles. The van der Waals surface area contributed by atoms with Gasteiger partial charge in [0.1, 0.15) is 11.5 Å². The van der Waals surface area contributed by atoms with Crippen molar-refractivity contribution >= 4 is 17.2 Å². The molecule has 9 heteroatoms. The molecule has 0 unspecified atom stereocenters. The highest BCUT2D eigenvalue weighted by atomic mass is 32.1. The topological polar surface area (TPSA) is 76.3 Å². The third-order valence-corrected chi connectivity index (χ3v) is 5.67. The smallest absolute Gasteiger partial charge is 0.338 e. The number of carbonyl (C=O) groups excluding carboxylic acids is 1. The fourth-order valence-corrected chi connectivity index (χ4v) is 4.18. The molecule has 0 aromatic carbocycles. The zero-order valence-corrected chi connectivity index (χ0v) is 14.2. The van der Waals surface area contributed by atoms with Crippen molar-refractivity contribution in [3.8, 4) is 5.00 Å². The van der Waals surface area contributed by atoms with Crippen LogP contribution in [0.5, 0.6) is 0 Å². The summed E-state index contributed by atoms with van der Waals surface area (Å²) in [5.74, 6) is -0.0550. The maximum absolute atomic E-state index is 12.6. The molecule has 4 rings (SSSR count). The number of nitrogens with zero attached hydrogens (tertiary/aromatic N) is 6. The molecule has 1 atom stereocenters. The van der Waals surface area contributed by atoms with Crippen molar-refractivity contribution < 1.29 is 4.79 Å². The molecule has 1 amide bonds. The van der Waals surface area contributed by atoms with Gasteiger partial charge < -0.3 is 4.90 Å². The van der Waals surface area contributed by atoms with Crippen LogP contribution in [0.15, 0.2) is 22.3 Å². The number of piperazine rings is 1. The van der Waals surface area contributed by atoms with E-state index in [0.717, 1.165) is 37.3 Å². The summed E-state index contributed by atoms with van der Waals surface area (Å²) in [6.07, 6.45) is 3.64. The fourth-order valence-electron chi connectivity index (χ4n) is 3.51. The lowest BCUT2D eigenvalue weighted by atomic mass is 9.99. The van der Waals surface area contributed by atoms with Crippen LogP contribution < -0.4 is 5.69 Å². The van der Waals surface area contributed by atoms with Gasteiger partial charge in [0.25, 0.3) is 0 Å². The van der Waals surface area contributed by atoms with Gasteiger partial charge in [-0.25, -0.2) is 4.79 Å². The van der Waals surface area contributed by atoms with Crippen molar-refractivity contribution in [2.24, 2.45) is 0 Å². The van der Waals surface area contributed by atoms with E-state index in [1.807, 2.05) is 16.3 Å². The average molecular weight is 348 g/mol. The molecule has 2 saturated heterocycles. The largest absolute Gasteiger partial charge is 0.369 e. The number of aromatic nitrogens is 4. The summed E-state index contributed by atoms with van der Waals surface area (Å²) in [5.41, 5.74) is -0.373. The zero-order valence-electron chi connectivity index (χ0n) is 13.4. The quantitative estimate of drug-likeness (QED) is 0.791. The normalized spacial score (nSPS) is 21.7. The van der Waals surface area contributed by atoms with Crippen LogP contribution in [0.1, 0.15) is 19.3 Å². The lowest BCUT2D eigenvalue weighted by Crippen LogP contribution is -2.56. The summed E-state index contributed by atoms with van der Waals surface area (Å²) in [6, 6.07) is 4.12. The maximum atomic E-state index is 12.6. The van der Waals surface area contributed by atoms with Crippen LogP contribution in [0, 0.1) is 0 Å². The number of carbonyl (C=O) groups is 1. The van der Waals surface area contributed by atoms with E-state index in [4.69, 9.17) is 0 Å². The van der Waals surface area contributed by atoms with Crippen LogP contribution in [-0.4, -0.2) is 67.7 Å². The first kappa shape index (κ1) is 15.5. The zero-order chi connectivity index (χ0) is 16.5. The van der Waals surface area contributed by atoms with Gasteiger partial charge in [-0.1, -0.05) is 6.42 Å². The summed E-state index contributed by atoms with van der Waals surface area (Å²) in [6.45, 7) is 3.50. The average Bonchev–Trinajstić information content (AvgIpc) is 3.25. The number of thiophene rings is 1. The Hall–Kier alpha value is -2.00. The second-order valence-electron chi connectivity index (χ2n) is 6.31. The van der Waals surface area contributed by atoms with Gasteiger partial charge in [-0.05, 0) is 47.3 Å². The third kappa shape index (κ3) is 2.89. The summed E-state index contributed by atoms with van der Waals surface area (Å²) in [5, 5.41) is 10.3. The highest BCUT2D eigenvalue weighted by molar-refractivity contribution is 7.12. The van der Waals surface area contributed by atoms with Gasteiger partial charge in [0.05, 0.1) is 0 Å². The van der Waals surface area contributed by atoms with Gasteiger partial charge in [0.2, 0.25) is 5.91 Å². The standard InChI is InChI=1S/C15H20N6O2S/c22-13(19-8-7-18-6-2-1-4-12(18)10-19)11-20-15(23)21(17-16-20)14-5-3-9-24-14/h3,5,9,12H,1-2,4,6-8,10-11H2/t12-/m1/s1. The number of tetrazole rings is 1. The van der Waals surface area contributed by atoms with Crippen molar-refractivity contribution in [1.29, 1.82) is 0 Å². The molecule has 0 N–H and O–H groups in total. The van der Waals surface area contributed by atoms with Crippen molar-refractivity contribution in [1.82, 2.24) is 29.6 Å². The van der Waals surface area contributed by atoms with E-state index >= 15 is 0 Å². The molecule has 0 bridgehead atoms.